The maximum absolute atomic E-state index is 12.4. The molecular weight excluding hydrogens is 374 g/mol. The minimum atomic E-state index is -0.790. The highest BCUT2D eigenvalue weighted by molar-refractivity contribution is 7.09. The van der Waals surface area contributed by atoms with Crippen molar-refractivity contribution in [1.82, 2.24) is 15.1 Å². The van der Waals surface area contributed by atoms with Crippen LogP contribution in [0, 0.1) is 0 Å². The third kappa shape index (κ3) is 7.23. The molecule has 0 bridgehead atoms. The Morgan fingerprint density at radius 2 is 2.19 bits per heavy atom. The first-order valence-corrected chi connectivity index (χ1v) is 9.81. The van der Waals surface area contributed by atoms with Crippen LogP contribution in [0.1, 0.15) is 31.1 Å². The van der Waals surface area contributed by atoms with Gasteiger partial charge in [-0.2, -0.15) is 0 Å². The minimum absolute atomic E-state index is 0. The van der Waals surface area contributed by atoms with E-state index in [2.05, 4.69) is 21.7 Å². The van der Waals surface area contributed by atoms with Gasteiger partial charge in [0.15, 0.2) is 0 Å². The molecule has 6 nitrogen and oxygen atoms in total. The Morgan fingerprint density at radius 3 is 2.85 bits per heavy atom. The van der Waals surface area contributed by atoms with Crippen LogP contribution in [-0.4, -0.2) is 72.1 Å². The molecule has 0 aliphatic carbocycles. The number of thiophene rings is 1. The number of carboxylic acids is 1. The lowest BCUT2D eigenvalue weighted by Gasteiger charge is -2.28. The SMILES string of the molecule is CC(C(=O)NCCc1cccs1)N1CCCC(N(C)CC(=O)O)CC1.Cl. The third-order valence-corrected chi connectivity index (χ3v) is 5.85. The number of likely N-dealkylation sites (tertiary alicyclic amines) is 1. The van der Waals surface area contributed by atoms with E-state index in [1.807, 2.05) is 24.9 Å². The lowest BCUT2D eigenvalue weighted by Crippen LogP contribution is -2.46. The Bertz CT molecular complexity index is 556. The number of carbonyl (C=O) groups is 2. The van der Waals surface area contributed by atoms with E-state index in [0.29, 0.717) is 6.54 Å². The summed E-state index contributed by atoms with van der Waals surface area (Å²) in [7, 11) is 1.87. The van der Waals surface area contributed by atoms with Crippen molar-refractivity contribution in [2.75, 3.05) is 33.2 Å². The van der Waals surface area contributed by atoms with Gasteiger partial charge in [0.2, 0.25) is 5.91 Å². The van der Waals surface area contributed by atoms with Crippen LogP contribution in [0.3, 0.4) is 0 Å². The van der Waals surface area contributed by atoms with E-state index < -0.39 is 5.97 Å². The lowest BCUT2D eigenvalue weighted by molar-refractivity contribution is -0.138. The van der Waals surface area contributed by atoms with Gasteiger partial charge in [-0.1, -0.05) is 6.07 Å². The monoisotopic (exact) mass is 403 g/mol. The number of likely N-dealkylation sites (N-methyl/N-ethyl adjacent to an activating group) is 1. The van der Waals surface area contributed by atoms with Gasteiger partial charge < -0.3 is 10.4 Å². The average molecular weight is 404 g/mol. The second kappa shape index (κ2) is 11.5. The van der Waals surface area contributed by atoms with E-state index in [1.165, 1.54) is 4.88 Å². The van der Waals surface area contributed by atoms with Gasteiger partial charge in [-0.3, -0.25) is 19.4 Å². The van der Waals surface area contributed by atoms with Gasteiger partial charge in [0.25, 0.3) is 0 Å². The summed E-state index contributed by atoms with van der Waals surface area (Å²) < 4.78 is 0. The number of rotatable bonds is 8. The van der Waals surface area contributed by atoms with Gasteiger partial charge in [0.1, 0.15) is 0 Å². The Morgan fingerprint density at radius 1 is 1.42 bits per heavy atom. The zero-order chi connectivity index (χ0) is 18.2. The largest absolute Gasteiger partial charge is 0.480 e. The highest BCUT2D eigenvalue weighted by atomic mass is 35.5. The Labute approximate surface area is 166 Å². The fourth-order valence-electron chi connectivity index (χ4n) is 3.35. The van der Waals surface area contributed by atoms with Crippen LogP contribution in [0.25, 0.3) is 0 Å². The molecule has 1 aromatic rings. The van der Waals surface area contributed by atoms with Crippen molar-refractivity contribution in [1.29, 1.82) is 0 Å². The van der Waals surface area contributed by atoms with Crippen LogP contribution in [0.2, 0.25) is 0 Å². The average Bonchev–Trinajstić information content (AvgIpc) is 2.95. The maximum atomic E-state index is 12.4. The molecule has 0 radical (unpaired) electrons. The summed E-state index contributed by atoms with van der Waals surface area (Å²) in [5, 5.41) is 14.0. The van der Waals surface area contributed by atoms with Crippen LogP contribution in [0.15, 0.2) is 17.5 Å². The van der Waals surface area contributed by atoms with Crippen molar-refractivity contribution in [3.63, 3.8) is 0 Å². The summed E-state index contributed by atoms with van der Waals surface area (Å²) in [4.78, 5) is 28.7. The van der Waals surface area contributed by atoms with Gasteiger partial charge >= 0.3 is 5.97 Å². The molecule has 1 aliphatic rings. The van der Waals surface area contributed by atoms with Crippen molar-refractivity contribution in [2.45, 2.75) is 44.7 Å². The number of nitrogens with zero attached hydrogens (tertiary/aromatic N) is 2. The molecule has 1 fully saturated rings. The van der Waals surface area contributed by atoms with E-state index in [1.54, 1.807) is 11.3 Å². The molecule has 8 heteroatoms. The Hall–Kier alpha value is -1.15. The fraction of sp³-hybridized carbons (Fsp3) is 0.667. The van der Waals surface area contributed by atoms with E-state index in [9.17, 15) is 9.59 Å². The van der Waals surface area contributed by atoms with Crippen molar-refractivity contribution < 1.29 is 14.7 Å². The quantitative estimate of drug-likeness (QED) is 0.695. The predicted molar refractivity (Wildman–Crippen MR) is 107 cm³/mol. The topological polar surface area (TPSA) is 72.9 Å². The van der Waals surface area contributed by atoms with Gasteiger partial charge in [-0.05, 0) is 57.6 Å². The number of carbonyl (C=O) groups excluding carboxylic acids is 1. The van der Waals surface area contributed by atoms with Crippen LogP contribution >= 0.6 is 23.7 Å². The van der Waals surface area contributed by atoms with Crippen LogP contribution in [0.4, 0.5) is 0 Å². The Kier molecular flexibility index (Phi) is 10.2. The first-order valence-electron chi connectivity index (χ1n) is 8.93. The van der Waals surface area contributed by atoms with Crippen molar-refractivity contribution >= 4 is 35.6 Å². The second-order valence-electron chi connectivity index (χ2n) is 6.73. The van der Waals surface area contributed by atoms with E-state index >= 15 is 0 Å². The molecule has 0 saturated carbocycles. The molecular formula is C18H30ClN3O3S. The summed E-state index contributed by atoms with van der Waals surface area (Å²) in [5.74, 6) is -0.712. The molecule has 2 heterocycles. The first-order chi connectivity index (χ1) is 12.0. The molecule has 0 aromatic carbocycles. The van der Waals surface area contributed by atoms with Crippen LogP contribution in [0.5, 0.6) is 0 Å². The van der Waals surface area contributed by atoms with E-state index in [4.69, 9.17) is 5.11 Å². The third-order valence-electron chi connectivity index (χ3n) is 4.92. The summed E-state index contributed by atoms with van der Waals surface area (Å²) in [5.41, 5.74) is 0. The normalized spacial score (nSPS) is 19.4. The molecule has 1 saturated heterocycles. The maximum Gasteiger partial charge on any atom is 0.317 e. The predicted octanol–water partition coefficient (Wildman–Crippen LogP) is 2.09. The Balaban J connectivity index is 0.00000338. The van der Waals surface area contributed by atoms with Gasteiger partial charge in [0, 0.05) is 24.0 Å². The number of amides is 1. The molecule has 1 amide bonds. The van der Waals surface area contributed by atoms with Gasteiger partial charge in [-0.15, -0.1) is 23.7 Å². The number of aliphatic carboxylic acids is 1. The van der Waals surface area contributed by atoms with Crippen LogP contribution < -0.4 is 5.32 Å². The molecule has 148 valence electrons. The summed E-state index contributed by atoms with van der Waals surface area (Å²) >= 11 is 1.71. The number of hydrogen-bond donors (Lipinski definition) is 2. The van der Waals surface area contributed by atoms with Crippen molar-refractivity contribution in [3.05, 3.63) is 22.4 Å². The number of nitrogens with one attached hydrogen (secondary N) is 1. The molecule has 2 rings (SSSR count). The van der Waals surface area contributed by atoms with Crippen LogP contribution in [-0.2, 0) is 16.0 Å². The molecule has 1 aromatic heterocycles. The molecule has 2 N–H and O–H groups in total. The summed E-state index contributed by atoms with van der Waals surface area (Å²) in [6.45, 7) is 4.41. The minimum Gasteiger partial charge on any atom is -0.480 e. The molecule has 0 spiro atoms. The zero-order valence-corrected chi connectivity index (χ0v) is 17.2. The van der Waals surface area contributed by atoms with Gasteiger partial charge in [0.05, 0.1) is 12.6 Å². The number of carboxylic acid groups (broad SMARTS) is 1. The number of halogens is 1. The molecule has 26 heavy (non-hydrogen) atoms. The van der Waals surface area contributed by atoms with Crippen molar-refractivity contribution in [3.8, 4) is 0 Å². The standard InChI is InChI=1S/C18H29N3O3S.ClH/c1-14(18(24)19-9-7-16-6-4-12-25-16)21-10-3-5-15(8-11-21)20(2)13-17(22)23;/h4,6,12,14-15H,3,5,7-11,13H2,1-2H3,(H,19,24)(H,22,23);1H. The summed E-state index contributed by atoms with van der Waals surface area (Å²) in [6.07, 6.45) is 3.74. The summed E-state index contributed by atoms with van der Waals surface area (Å²) in [6, 6.07) is 4.24. The highest BCUT2D eigenvalue weighted by Crippen LogP contribution is 2.17. The van der Waals surface area contributed by atoms with Gasteiger partial charge in [-0.25, -0.2) is 0 Å². The lowest BCUT2D eigenvalue weighted by atomic mass is 10.1. The molecule has 1 aliphatic heterocycles. The smallest absolute Gasteiger partial charge is 0.317 e. The zero-order valence-electron chi connectivity index (χ0n) is 15.5. The molecule has 2 unspecified atom stereocenters. The fourth-order valence-corrected chi connectivity index (χ4v) is 4.06. The van der Waals surface area contributed by atoms with E-state index in [0.717, 1.165) is 38.8 Å². The van der Waals surface area contributed by atoms with E-state index in [-0.39, 0.29) is 36.9 Å². The van der Waals surface area contributed by atoms with Crippen molar-refractivity contribution in [2.24, 2.45) is 0 Å². The highest BCUT2D eigenvalue weighted by Gasteiger charge is 2.26. The second-order valence-corrected chi connectivity index (χ2v) is 7.76. The number of hydrogen-bond acceptors (Lipinski definition) is 5. The molecule has 2 atom stereocenters. The first kappa shape index (κ1) is 22.9.